The lowest BCUT2D eigenvalue weighted by atomic mass is 10.1. The van der Waals surface area contributed by atoms with Gasteiger partial charge in [0.2, 0.25) is 10.9 Å². The van der Waals surface area contributed by atoms with E-state index in [0.29, 0.717) is 11.9 Å². The molecule has 0 saturated heterocycles. The third-order valence-electron chi connectivity index (χ3n) is 3.63. The van der Waals surface area contributed by atoms with Gasteiger partial charge in [0.15, 0.2) is 0 Å². The third kappa shape index (κ3) is 2.74. The van der Waals surface area contributed by atoms with Gasteiger partial charge in [-0.25, -0.2) is 14.5 Å². The Morgan fingerprint density at radius 3 is 2.33 bits per heavy atom. The van der Waals surface area contributed by atoms with E-state index in [9.17, 15) is 0 Å². The number of rotatable bonds is 3. The van der Waals surface area contributed by atoms with Crippen molar-refractivity contribution in [1.29, 1.82) is 0 Å². The van der Waals surface area contributed by atoms with Gasteiger partial charge >= 0.3 is 0 Å². The summed E-state index contributed by atoms with van der Waals surface area (Å²) in [5, 5.41) is 9.71. The number of anilines is 2. The third-order valence-corrected chi connectivity index (χ3v) is 4.45. The second kappa shape index (κ2) is 5.68. The molecule has 0 unspecified atom stereocenters. The highest BCUT2D eigenvalue weighted by Gasteiger charge is 2.12. The molecule has 0 aliphatic heterocycles. The molecular formula is C17H16N6S. The molecule has 0 saturated carbocycles. The van der Waals surface area contributed by atoms with E-state index in [4.69, 9.17) is 0 Å². The average molecular weight is 336 g/mol. The van der Waals surface area contributed by atoms with Crippen molar-refractivity contribution < 1.29 is 0 Å². The fraction of sp³-hybridized carbons (Fsp3) is 0.176. The lowest BCUT2D eigenvalue weighted by molar-refractivity contribution is 0.978. The van der Waals surface area contributed by atoms with Crippen LogP contribution >= 0.6 is 11.3 Å². The van der Waals surface area contributed by atoms with Crippen LogP contribution in [-0.2, 0) is 0 Å². The van der Waals surface area contributed by atoms with E-state index >= 15 is 0 Å². The molecule has 0 fully saturated rings. The molecule has 0 bridgehead atoms. The van der Waals surface area contributed by atoms with Crippen LogP contribution in [0.5, 0.6) is 0 Å². The Morgan fingerprint density at radius 1 is 0.917 bits per heavy atom. The lowest BCUT2D eigenvalue weighted by Crippen LogP contribution is -2.01. The highest BCUT2D eigenvalue weighted by Crippen LogP contribution is 2.26. The number of fused-ring (bicyclic) bond motifs is 1. The summed E-state index contributed by atoms with van der Waals surface area (Å²) in [4.78, 5) is 14.1. The number of benzene rings is 1. The minimum Gasteiger partial charge on any atom is -0.291 e. The van der Waals surface area contributed by atoms with Crippen LogP contribution in [0.2, 0.25) is 0 Å². The van der Waals surface area contributed by atoms with Gasteiger partial charge in [-0.15, -0.1) is 16.4 Å². The molecule has 0 radical (unpaired) electrons. The summed E-state index contributed by atoms with van der Waals surface area (Å²) in [5.41, 5.74) is 5.19. The zero-order chi connectivity index (χ0) is 16.7. The van der Waals surface area contributed by atoms with Crippen LogP contribution in [0, 0.1) is 20.8 Å². The second-order valence-electron chi connectivity index (χ2n) is 5.72. The molecule has 3 heterocycles. The SMILES string of the molecule is Cc1ccc(-c2csc3nc(Nc4nc(C)cc(C)n4)nn23)cc1. The fourth-order valence-electron chi connectivity index (χ4n) is 2.54. The molecule has 7 heteroatoms. The Hall–Kier alpha value is -2.80. The summed E-state index contributed by atoms with van der Waals surface area (Å²) in [5.74, 6) is 1.02. The Balaban J connectivity index is 1.70. The van der Waals surface area contributed by atoms with Gasteiger partial charge in [-0.05, 0) is 26.8 Å². The summed E-state index contributed by atoms with van der Waals surface area (Å²) in [6.45, 7) is 5.96. The number of hydrogen-bond acceptors (Lipinski definition) is 6. The van der Waals surface area contributed by atoms with E-state index in [-0.39, 0.29) is 0 Å². The number of nitrogens with zero attached hydrogens (tertiary/aromatic N) is 5. The van der Waals surface area contributed by atoms with Gasteiger partial charge in [0.25, 0.3) is 5.95 Å². The van der Waals surface area contributed by atoms with E-state index in [1.54, 1.807) is 11.3 Å². The predicted octanol–water partition coefficient (Wildman–Crippen LogP) is 3.92. The van der Waals surface area contributed by atoms with E-state index in [2.05, 4.69) is 61.9 Å². The largest absolute Gasteiger partial charge is 0.291 e. The summed E-state index contributed by atoms with van der Waals surface area (Å²) < 4.78 is 1.85. The first-order valence-corrected chi connectivity index (χ1v) is 8.47. The minimum absolute atomic E-state index is 0.500. The maximum atomic E-state index is 4.55. The first kappa shape index (κ1) is 14.8. The molecule has 0 atom stereocenters. The summed E-state index contributed by atoms with van der Waals surface area (Å²) in [6, 6.07) is 10.3. The van der Waals surface area contributed by atoms with Crippen molar-refractivity contribution in [3.63, 3.8) is 0 Å². The number of aromatic nitrogens is 5. The molecular weight excluding hydrogens is 320 g/mol. The molecule has 1 aromatic carbocycles. The maximum absolute atomic E-state index is 4.55. The molecule has 3 aromatic heterocycles. The number of thiazole rings is 1. The molecule has 6 nitrogen and oxygen atoms in total. The van der Waals surface area contributed by atoms with Crippen molar-refractivity contribution in [3.8, 4) is 11.3 Å². The Bertz CT molecular complexity index is 995. The van der Waals surface area contributed by atoms with Crippen LogP contribution in [0.25, 0.3) is 16.2 Å². The topological polar surface area (TPSA) is 68.0 Å². The molecule has 4 aromatic rings. The summed E-state index contributed by atoms with van der Waals surface area (Å²) >= 11 is 1.56. The van der Waals surface area contributed by atoms with Gasteiger partial charge in [-0.2, -0.15) is 4.98 Å². The van der Waals surface area contributed by atoms with Gasteiger partial charge in [-0.3, -0.25) is 5.32 Å². The molecule has 0 amide bonds. The van der Waals surface area contributed by atoms with E-state index in [0.717, 1.165) is 27.6 Å². The van der Waals surface area contributed by atoms with Gasteiger partial charge in [0, 0.05) is 22.3 Å². The first-order valence-electron chi connectivity index (χ1n) is 7.59. The molecule has 4 rings (SSSR count). The fourth-order valence-corrected chi connectivity index (χ4v) is 3.37. The Labute approximate surface area is 143 Å². The van der Waals surface area contributed by atoms with E-state index in [1.165, 1.54) is 5.56 Å². The normalized spacial score (nSPS) is 11.1. The maximum Gasteiger partial charge on any atom is 0.250 e. The zero-order valence-corrected chi connectivity index (χ0v) is 14.4. The van der Waals surface area contributed by atoms with Gasteiger partial charge in [0.1, 0.15) is 0 Å². The van der Waals surface area contributed by atoms with Crippen LogP contribution in [0.3, 0.4) is 0 Å². The smallest absolute Gasteiger partial charge is 0.250 e. The summed E-state index contributed by atoms with van der Waals surface area (Å²) in [6.07, 6.45) is 0. The van der Waals surface area contributed by atoms with Gasteiger partial charge < -0.3 is 0 Å². The quantitative estimate of drug-likeness (QED) is 0.614. The van der Waals surface area contributed by atoms with Crippen LogP contribution in [0.4, 0.5) is 11.9 Å². The standard InChI is InChI=1S/C17H16N6S/c1-10-4-6-13(7-5-10)14-9-24-17-21-16(22-23(14)17)20-15-18-11(2)8-12(3)19-15/h4-9H,1-3H3,(H,18,19,20,22). The minimum atomic E-state index is 0.500. The predicted molar refractivity (Wildman–Crippen MR) is 95.8 cm³/mol. The number of nitrogens with one attached hydrogen (secondary N) is 1. The Morgan fingerprint density at radius 2 is 1.62 bits per heavy atom. The highest BCUT2D eigenvalue weighted by atomic mass is 32.1. The van der Waals surface area contributed by atoms with Crippen LogP contribution in [0.15, 0.2) is 35.7 Å². The average Bonchev–Trinajstić information content (AvgIpc) is 3.07. The van der Waals surface area contributed by atoms with Gasteiger partial charge in [0.05, 0.1) is 5.69 Å². The van der Waals surface area contributed by atoms with Crippen molar-refractivity contribution in [2.45, 2.75) is 20.8 Å². The van der Waals surface area contributed by atoms with E-state index in [1.807, 2.05) is 24.4 Å². The first-order chi connectivity index (χ1) is 11.6. The van der Waals surface area contributed by atoms with Crippen LogP contribution in [0.1, 0.15) is 17.0 Å². The Kier molecular flexibility index (Phi) is 3.50. The van der Waals surface area contributed by atoms with Crippen molar-refractivity contribution in [3.05, 3.63) is 52.7 Å². The van der Waals surface area contributed by atoms with Crippen LogP contribution in [-0.4, -0.2) is 24.6 Å². The van der Waals surface area contributed by atoms with Crippen molar-refractivity contribution in [1.82, 2.24) is 24.6 Å². The zero-order valence-electron chi connectivity index (χ0n) is 13.6. The molecule has 120 valence electrons. The van der Waals surface area contributed by atoms with Crippen molar-refractivity contribution in [2.24, 2.45) is 0 Å². The molecule has 0 aliphatic carbocycles. The summed E-state index contributed by atoms with van der Waals surface area (Å²) in [7, 11) is 0. The lowest BCUT2D eigenvalue weighted by Gasteiger charge is -2.02. The molecule has 24 heavy (non-hydrogen) atoms. The number of aryl methyl sites for hydroxylation is 3. The number of hydrogen-bond donors (Lipinski definition) is 1. The molecule has 1 N–H and O–H groups in total. The van der Waals surface area contributed by atoms with E-state index < -0.39 is 0 Å². The highest BCUT2D eigenvalue weighted by molar-refractivity contribution is 7.15. The monoisotopic (exact) mass is 336 g/mol. The molecule has 0 spiro atoms. The van der Waals surface area contributed by atoms with Gasteiger partial charge in [-0.1, -0.05) is 29.8 Å². The molecule has 0 aliphatic rings. The van der Waals surface area contributed by atoms with Crippen LogP contribution < -0.4 is 5.32 Å². The second-order valence-corrected chi connectivity index (χ2v) is 6.55. The van der Waals surface area contributed by atoms with Crippen molar-refractivity contribution in [2.75, 3.05) is 5.32 Å². The van der Waals surface area contributed by atoms with Crippen molar-refractivity contribution >= 4 is 28.2 Å².